The molecular weight excluding hydrogens is 260 g/mol. The molecule has 5 atom stereocenters. The van der Waals surface area contributed by atoms with Crippen LogP contribution in [-0.2, 0) is 4.79 Å². The summed E-state index contributed by atoms with van der Waals surface area (Å²) in [7, 11) is 0. The van der Waals surface area contributed by atoms with Crippen LogP contribution in [0.25, 0.3) is 0 Å². The summed E-state index contributed by atoms with van der Waals surface area (Å²) in [5, 5.41) is 40.6. The van der Waals surface area contributed by atoms with Gasteiger partial charge in [0, 0.05) is 17.4 Å². The van der Waals surface area contributed by atoms with Gasteiger partial charge in [-0.05, 0) is 25.3 Å². The normalized spacial score (nSPS) is 40.8. The second kappa shape index (κ2) is 4.84. The first-order valence-electron chi connectivity index (χ1n) is 6.55. The SMILES string of the molecule is C=C(C(=O)O)C1C(O)CC(=C)C2(O)CC=C(C)C2C1O. The Labute approximate surface area is 117 Å². The lowest BCUT2D eigenvalue weighted by Crippen LogP contribution is -2.45. The highest BCUT2D eigenvalue weighted by atomic mass is 16.4. The molecule has 2 aliphatic rings. The van der Waals surface area contributed by atoms with Crippen molar-refractivity contribution in [3.8, 4) is 0 Å². The number of aliphatic hydroxyl groups is 3. The summed E-state index contributed by atoms with van der Waals surface area (Å²) in [6.07, 6.45) is -0.155. The zero-order valence-corrected chi connectivity index (χ0v) is 11.4. The highest BCUT2D eigenvalue weighted by Gasteiger charge is 2.53. The van der Waals surface area contributed by atoms with Gasteiger partial charge in [-0.3, -0.25) is 0 Å². The fraction of sp³-hybridized carbons (Fsp3) is 0.533. The Morgan fingerprint density at radius 3 is 2.60 bits per heavy atom. The second-order valence-corrected chi connectivity index (χ2v) is 5.78. The van der Waals surface area contributed by atoms with Crippen molar-refractivity contribution < 1.29 is 25.2 Å². The summed E-state index contributed by atoms with van der Waals surface area (Å²) < 4.78 is 0. The molecule has 0 aliphatic heterocycles. The first kappa shape index (κ1) is 15.0. The molecule has 0 heterocycles. The second-order valence-electron chi connectivity index (χ2n) is 5.78. The average Bonchev–Trinajstić information content (AvgIpc) is 2.62. The Hall–Kier alpha value is -1.43. The van der Waals surface area contributed by atoms with Crippen LogP contribution in [0.4, 0.5) is 0 Å². The maximum Gasteiger partial charge on any atom is 0.331 e. The van der Waals surface area contributed by atoms with Crippen LogP contribution in [0.15, 0.2) is 36.0 Å². The summed E-state index contributed by atoms with van der Waals surface area (Å²) in [4.78, 5) is 11.1. The van der Waals surface area contributed by atoms with E-state index in [1.165, 1.54) is 0 Å². The van der Waals surface area contributed by atoms with E-state index >= 15 is 0 Å². The molecule has 5 nitrogen and oxygen atoms in total. The third kappa shape index (κ3) is 2.02. The first-order chi connectivity index (χ1) is 9.20. The number of aliphatic hydroxyl groups excluding tert-OH is 2. The molecule has 0 aromatic rings. The summed E-state index contributed by atoms with van der Waals surface area (Å²) in [6.45, 7) is 9.05. The van der Waals surface area contributed by atoms with Crippen molar-refractivity contribution in [2.75, 3.05) is 0 Å². The van der Waals surface area contributed by atoms with Gasteiger partial charge >= 0.3 is 5.97 Å². The Kier molecular flexibility index (Phi) is 3.62. The number of hydrogen-bond acceptors (Lipinski definition) is 4. The van der Waals surface area contributed by atoms with Crippen LogP contribution < -0.4 is 0 Å². The molecule has 2 aliphatic carbocycles. The predicted octanol–water partition coefficient (Wildman–Crippen LogP) is 0.622. The van der Waals surface area contributed by atoms with Gasteiger partial charge in [0.2, 0.25) is 0 Å². The van der Waals surface area contributed by atoms with E-state index in [0.717, 1.165) is 5.57 Å². The average molecular weight is 280 g/mol. The molecule has 0 amide bonds. The van der Waals surface area contributed by atoms with Gasteiger partial charge in [0.25, 0.3) is 0 Å². The number of rotatable bonds is 2. The van der Waals surface area contributed by atoms with Crippen LogP contribution >= 0.6 is 0 Å². The lowest BCUT2D eigenvalue weighted by molar-refractivity contribution is -0.135. The number of aliphatic carboxylic acids is 1. The number of carbonyl (C=O) groups is 1. The van der Waals surface area contributed by atoms with Gasteiger partial charge in [-0.1, -0.05) is 24.8 Å². The van der Waals surface area contributed by atoms with Gasteiger partial charge in [0.1, 0.15) is 0 Å². The third-order valence-corrected chi connectivity index (χ3v) is 4.61. The van der Waals surface area contributed by atoms with Crippen molar-refractivity contribution in [3.05, 3.63) is 36.0 Å². The largest absolute Gasteiger partial charge is 0.478 e. The van der Waals surface area contributed by atoms with Crippen molar-refractivity contribution in [2.45, 2.75) is 37.6 Å². The first-order valence-corrected chi connectivity index (χ1v) is 6.55. The van der Waals surface area contributed by atoms with Crippen LogP contribution in [0.5, 0.6) is 0 Å². The van der Waals surface area contributed by atoms with Gasteiger partial charge in [0.15, 0.2) is 0 Å². The highest BCUT2D eigenvalue weighted by Crippen LogP contribution is 2.49. The Bertz CT molecular complexity index is 506. The minimum atomic E-state index is -1.32. The van der Waals surface area contributed by atoms with Crippen LogP contribution in [0.3, 0.4) is 0 Å². The number of fused-ring (bicyclic) bond motifs is 1. The summed E-state index contributed by atoms with van der Waals surface area (Å²) >= 11 is 0. The zero-order chi connectivity index (χ0) is 15.2. The van der Waals surface area contributed by atoms with Gasteiger partial charge in [-0.15, -0.1) is 0 Å². The topological polar surface area (TPSA) is 98.0 Å². The van der Waals surface area contributed by atoms with E-state index in [1.807, 2.05) is 6.08 Å². The van der Waals surface area contributed by atoms with E-state index in [0.29, 0.717) is 12.0 Å². The molecule has 0 spiro atoms. The number of hydrogen-bond donors (Lipinski definition) is 4. The maximum absolute atomic E-state index is 11.1. The minimum absolute atomic E-state index is 0.0438. The monoisotopic (exact) mass is 280 g/mol. The molecule has 1 fully saturated rings. The van der Waals surface area contributed by atoms with Gasteiger partial charge in [0.05, 0.1) is 17.8 Å². The highest BCUT2D eigenvalue weighted by molar-refractivity contribution is 5.86. The lowest BCUT2D eigenvalue weighted by Gasteiger charge is -2.35. The maximum atomic E-state index is 11.1. The summed E-state index contributed by atoms with van der Waals surface area (Å²) in [5.41, 5.74) is -0.374. The van der Waals surface area contributed by atoms with Crippen molar-refractivity contribution in [1.29, 1.82) is 0 Å². The fourth-order valence-electron chi connectivity index (χ4n) is 3.44. The van der Waals surface area contributed by atoms with Crippen molar-refractivity contribution >= 4 is 5.97 Å². The van der Waals surface area contributed by atoms with Gasteiger partial charge in [-0.2, -0.15) is 0 Å². The molecule has 0 saturated heterocycles. The zero-order valence-electron chi connectivity index (χ0n) is 11.4. The van der Waals surface area contributed by atoms with Crippen LogP contribution in [0, 0.1) is 11.8 Å². The molecule has 0 radical (unpaired) electrons. The van der Waals surface area contributed by atoms with Crippen LogP contribution in [0.1, 0.15) is 19.8 Å². The Morgan fingerprint density at radius 2 is 2.05 bits per heavy atom. The molecule has 20 heavy (non-hydrogen) atoms. The third-order valence-electron chi connectivity index (χ3n) is 4.61. The van der Waals surface area contributed by atoms with Crippen molar-refractivity contribution in [2.24, 2.45) is 11.8 Å². The molecule has 0 aromatic heterocycles. The van der Waals surface area contributed by atoms with Crippen molar-refractivity contribution in [1.82, 2.24) is 0 Å². The van der Waals surface area contributed by atoms with Gasteiger partial charge in [-0.25, -0.2) is 4.79 Å². The van der Waals surface area contributed by atoms with Crippen molar-refractivity contribution in [3.63, 3.8) is 0 Å². The van der Waals surface area contributed by atoms with E-state index in [1.54, 1.807) is 6.92 Å². The predicted molar refractivity (Wildman–Crippen MR) is 72.9 cm³/mol. The number of carboxylic acids is 1. The van der Waals surface area contributed by atoms with Gasteiger partial charge < -0.3 is 20.4 Å². The van der Waals surface area contributed by atoms with Crippen LogP contribution in [0.2, 0.25) is 0 Å². The molecule has 5 heteroatoms. The van der Waals surface area contributed by atoms with E-state index in [2.05, 4.69) is 13.2 Å². The molecule has 5 unspecified atom stereocenters. The molecule has 0 bridgehead atoms. The Balaban J connectivity index is 2.47. The smallest absolute Gasteiger partial charge is 0.331 e. The molecule has 0 aromatic carbocycles. The molecule has 4 N–H and O–H groups in total. The molecule has 2 rings (SSSR count). The summed E-state index contributed by atoms with van der Waals surface area (Å²) in [6, 6.07) is 0. The standard InChI is InChI=1S/C15H20O5/c1-7-4-5-15(20)8(2)6-10(16)11(9(3)14(18)19)13(17)12(7)15/h4,10-13,16-17,20H,2-3,5-6H2,1H3,(H,18,19). The Morgan fingerprint density at radius 1 is 1.45 bits per heavy atom. The van der Waals surface area contributed by atoms with E-state index < -0.39 is 35.6 Å². The lowest BCUT2D eigenvalue weighted by atomic mass is 9.76. The molecule has 1 saturated carbocycles. The minimum Gasteiger partial charge on any atom is -0.478 e. The van der Waals surface area contributed by atoms with E-state index in [4.69, 9.17) is 5.11 Å². The van der Waals surface area contributed by atoms with Crippen LogP contribution in [-0.4, -0.2) is 44.2 Å². The summed E-state index contributed by atoms with van der Waals surface area (Å²) in [5.74, 6) is -2.94. The number of carboxylic acid groups (broad SMARTS) is 1. The van der Waals surface area contributed by atoms with E-state index in [-0.39, 0.29) is 12.0 Å². The molecular formula is C15H20O5. The quantitative estimate of drug-likeness (QED) is 0.439. The van der Waals surface area contributed by atoms with E-state index in [9.17, 15) is 20.1 Å². The molecule has 110 valence electrons. The fourth-order valence-corrected chi connectivity index (χ4v) is 3.44.